The lowest BCUT2D eigenvalue weighted by molar-refractivity contribution is -0.111. The van der Waals surface area contributed by atoms with Crippen molar-refractivity contribution in [1.29, 1.82) is 0 Å². The molecule has 1 saturated heterocycles. The van der Waals surface area contributed by atoms with Gasteiger partial charge in [-0.25, -0.2) is 4.98 Å². The van der Waals surface area contributed by atoms with Crippen molar-refractivity contribution in [3.05, 3.63) is 23.3 Å². The smallest absolute Gasteiger partial charge is 0.149 e. The van der Waals surface area contributed by atoms with E-state index in [1.807, 2.05) is 6.20 Å². The molecule has 0 radical (unpaired) electrons. The van der Waals surface area contributed by atoms with E-state index in [0.717, 1.165) is 91.8 Å². The standard InChI is InChI=1S/C26H36N4O2S/c31-17-19-6-8-21(9-7-19)25-28-29-26(33-25)22-10-11-24(27-16-22)30-14-12-23(13-15-30)32-18-20-4-2-1-3-5-20/h10-11,16-17,19-21,23H,1-9,12-15,18H2. The highest BCUT2D eigenvalue weighted by Crippen LogP contribution is 2.38. The zero-order chi connectivity index (χ0) is 22.5. The van der Waals surface area contributed by atoms with E-state index in [9.17, 15) is 4.79 Å². The highest BCUT2D eigenvalue weighted by Gasteiger charge is 2.26. The Kier molecular flexibility index (Phi) is 7.67. The van der Waals surface area contributed by atoms with Crippen molar-refractivity contribution in [2.75, 3.05) is 24.6 Å². The molecule has 0 aromatic carbocycles. The molecule has 3 heterocycles. The molecular weight excluding hydrogens is 432 g/mol. The molecule has 0 bridgehead atoms. The molecule has 7 heteroatoms. The monoisotopic (exact) mass is 468 g/mol. The summed E-state index contributed by atoms with van der Waals surface area (Å²) in [7, 11) is 0. The molecule has 1 aliphatic heterocycles. The Morgan fingerprint density at radius 2 is 1.76 bits per heavy atom. The maximum absolute atomic E-state index is 11.0. The lowest BCUT2D eigenvalue weighted by Gasteiger charge is -2.33. The van der Waals surface area contributed by atoms with Crippen molar-refractivity contribution in [2.45, 2.75) is 82.7 Å². The average molecular weight is 469 g/mol. The Labute approximate surface area is 201 Å². The largest absolute Gasteiger partial charge is 0.378 e. The number of hydrogen-bond acceptors (Lipinski definition) is 7. The minimum absolute atomic E-state index is 0.235. The van der Waals surface area contributed by atoms with Crippen LogP contribution in [0, 0.1) is 11.8 Å². The molecule has 2 aromatic rings. The number of aromatic nitrogens is 3. The predicted molar refractivity (Wildman–Crippen MR) is 132 cm³/mol. The first-order valence-corrected chi connectivity index (χ1v) is 13.7. The Morgan fingerprint density at radius 3 is 2.45 bits per heavy atom. The number of carbonyl (C=O) groups is 1. The second-order valence-electron chi connectivity index (χ2n) is 10.1. The Bertz CT molecular complexity index is 880. The molecule has 3 aliphatic rings. The summed E-state index contributed by atoms with van der Waals surface area (Å²) in [5, 5.41) is 11.0. The van der Waals surface area contributed by atoms with Gasteiger partial charge in [-0.2, -0.15) is 0 Å². The van der Waals surface area contributed by atoms with Crippen LogP contribution >= 0.6 is 11.3 Å². The number of nitrogens with zero attached hydrogens (tertiary/aromatic N) is 4. The van der Waals surface area contributed by atoms with Crippen LogP contribution < -0.4 is 4.90 Å². The number of rotatable bonds is 7. The van der Waals surface area contributed by atoms with E-state index < -0.39 is 0 Å². The predicted octanol–water partition coefficient (Wildman–Crippen LogP) is 5.64. The lowest BCUT2D eigenvalue weighted by atomic mass is 9.83. The van der Waals surface area contributed by atoms with E-state index in [1.54, 1.807) is 11.3 Å². The second kappa shape index (κ2) is 11.0. The molecule has 2 saturated carbocycles. The van der Waals surface area contributed by atoms with E-state index in [0.29, 0.717) is 12.0 Å². The highest BCUT2D eigenvalue weighted by atomic mass is 32.1. The van der Waals surface area contributed by atoms with Crippen molar-refractivity contribution in [3.63, 3.8) is 0 Å². The summed E-state index contributed by atoms with van der Waals surface area (Å²) >= 11 is 1.68. The number of aldehydes is 1. The molecule has 0 unspecified atom stereocenters. The summed E-state index contributed by atoms with van der Waals surface area (Å²) in [6.07, 6.45) is 16.5. The number of carbonyl (C=O) groups excluding carboxylic acids is 1. The van der Waals surface area contributed by atoms with Gasteiger partial charge in [-0.1, -0.05) is 30.6 Å². The van der Waals surface area contributed by atoms with E-state index >= 15 is 0 Å². The lowest BCUT2D eigenvalue weighted by Crippen LogP contribution is -2.38. The molecule has 3 fully saturated rings. The first-order chi connectivity index (χ1) is 16.3. The van der Waals surface area contributed by atoms with Crippen LogP contribution in [0.5, 0.6) is 0 Å². The van der Waals surface area contributed by atoms with Crippen molar-refractivity contribution in [2.24, 2.45) is 11.8 Å². The van der Waals surface area contributed by atoms with E-state index in [2.05, 4.69) is 27.2 Å². The molecule has 0 spiro atoms. The van der Waals surface area contributed by atoms with Gasteiger partial charge in [-0.3, -0.25) is 0 Å². The number of piperidine rings is 1. The molecule has 5 rings (SSSR count). The van der Waals surface area contributed by atoms with Gasteiger partial charge in [-0.05, 0) is 69.4 Å². The van der Waals surface area contributed by atoms with Gasteiger partial charge in [0, 0.05) is 43.3 Å². The summed E-state index contributed by atoms with van der Waals surface area (Å²) < 4.78 is 6.27. The molecule has 0 N–H and O–H groups in total. The van der Waals surface area contributed by atoms with Gasteiger partial charge >= 0.3 is 0 Å². The quantitative estimate of drug-likeness (QED) is 0.490. The Hall–Kier alpha value is -1.86. The molecule has 0 atom stereocenters. The van der Waals surface area contributed by atoms with Gasteiger partial charge < -0.3 is 14.4 Å². The fourth-order valence-corrected chi connectivity index (χ4v) is 6.60. The number of anilines is 1. The van der Waals surface area contributed by atoms with Crippen LogP contribution in [0.1, 0.15) is 81.6 Å². The topological polar surface area (TPSA) is 68.2 Å². The van der Waals surface area contributed by atoms with Crippen LogP contribution in [-0.2, 0) is 9.53 Å². The molecule has 6 nitrogen and oxygen atoms in total. The molecule has 0 amide bonds. The van der Waals surface area contributed by atoms with Crippen molar-refractivity contribution in [3.8, 4) is 10.6 Å². The highest BCUT2D eigenvalue weighted by molar-refractivity contribution is 7.14. The minimum atomic E-state index is 0.235. The molecule has 33 heavy (non-hydrogen) atoms. The number of ether oxygens (including phenoxy) is 1. The van der Waals surface area contributed by atoms with E-state index in [4.69, 9.17) is 9.72 Å². The van der Waals surface area contributed by atoms with Crippen LogP contribution in [0.4, 0.5) is 5.82 Å². The minimum Gasteiger partial charge on any atom is -0.378 e. The third kappa shape index (κ3) is 5.80. The average Bonchev–Trinajstić information content (AvgIpc) is 3.39. The number of pyridine rings is 1. The number of hydrogen-bond donors (Lipinski definition) is 0. The van der Waals surface area contributed by atoms with E-state index in [1.165, 1.54) is 32.1 Å². The SMILES string of the molecule is O=CC1CCC(c2nnc(-c3ccc(N4CCC(OCC5CCCCC5)CC4)nc3)s2)CC1. The van der Waals surface area contributed by atoms with Crippen LogP contribution in [-0.4, -0.2) is 47.3 Å². The second-order valence-corrected chi connectivity index (χ2v) is 11.1. The van der Waals surface area contributed by atoms with Crippen LogP contribution in [0.3, 0.4) is 0 Å². The Morgan fingerprint density at radius 1 is 0.970 bits per heavy atom. The van der Waals surface area contributed by atoms with Crippen molar-refractivity contribution < 1.29 is 9.53 Å². The van der Waals surface area contributed by atoms with Gasteiger partial charge in [0.15, 0.2) is 0 Å². The molecule has 178 valence electrons. The van der Waals surface area contributed by atoms with Crippen LogP contribution in [0.2, 0.25) is 0 Å². The zero-order valence-corrected chi connectivity index (χ0v) is 20.3. The normalized spacial score (nSPS) is 25.3. The summed E-state index contributed by atoms with van der Waals surface area (Å²) in [4.78, 5) is 18.1. The molecule has 2 aliphatic carbocycles. The first kappa shape index (κ1) is 22.9. The van der Waals surface area contributed by atoms with Gasteiger partial charge in [0.2, 0.25) is 0 Å². The fourth-order valence-electron chi connectivity index (χ4n) is 5.60. The summed E-state index contributed by atoms with van der Waals surface area (Å²) in [6, 6.07) is 4.25. The van der Waals surface area contributed by atoms with Gasteiger partial charge in [0.25, 0.3) is 0 Å². The van der Waals surface area contributed by atoms with Gasteiger partial charge in [0.05, 0.1) is 6.10 Å². The third-order valence-electron chi connectivity index (χ3n) is 7.81. The summed E-state index contributed by atoms with van der Waals surface area (Å²) in [6.45, 7) is 2.97. The maximum atomic E-state index is 11.0. The van der Waals surface area contributed by atoms with E-state index in [-0.39, 0.29) is 5.92 Å². The van der Waals surface area contributed by atoms with Gasteiger partial charge in [-0.15, -0.1) is 10.2 Å². The zero-order valence-electron chi connectivity index (χ0n) is 19.5. The van der Waals surface area contributed by atoms with Crippen molar-refractivity contribution in [1.82, 2.24) is 15.2 Å². The Balaban J connectivity index is 1.11. The van der Waals surface area contributed by atoms with Gasteiger partial charge in [0.1, 0.15) is 22.1 Å². The fraction of sp³-hybridized carbons (Fsp3) is 0.692. The molecular formula is C26H36N4O2S. The van der Waals surface area contributed by atoms with Crippen LogP contribution in [0.15, 0.2) is 18.3 Å². The molecule has 2 aromatic heterocycles. The first-order valence-electron chi connectivity index (χ1n) is 12.9. The summed E-state index contributed by atoms with van der Waals surface area (Å²) in [5.41, 5.74) is 1.04. The van der Waals surface area contributed by atoms with Crippen LogP contribution in [0.25, 0.3) is 10.6 Å². The third-order valence-corrected chi connectivity index (χ3v) is 8.94. The van der Waals surface area contributed by atoms with Crippen molar-refractivity contribution >= 4 is 23.4 Å². The summed E-state index contributed by atoms with van der Waals surface area (Å²) in [5.74, 6) is 2.51. The maximum Gasteiger partial charge on any atom is 0.149 e.